The fourth-order valence-electron chi connectivity index (χ4n) is 1.96. The van der Waals surface area contributed by atoms with Gasteiger partial charge in [-0.2, -0.15) is 8.42 Å². The molecule has 0 saturated carbocycles. The van der Waals surface area contributed by atoms with Crippen LogP contribution in [0.25, 0.3) is 6.08 Å². The summed E-state index contributed by atoms with van der Waals surface area (Å²) in [5.74, 6) is 0. The van der Waals surface area contributed by atoms with Crippen LogP contribution in [-0.2, 0) is 16.5 Å². The second-order valence-electron chi connectivity index (χ2n) is 4.22. The molecule has 0 bridgehead atoms. The summed E-state index contributed by atoms with van der Waals surface area (Å²) in [6.07, 6.45) is 2.62. The molecule has 0 unspecified atom stereocenters. The van der Waals surface area contributed by atoms with Crippen LogP contribution < -0.4 is 0 Å². The minimum atomic E-state index is -4.03. The van der Waals surface area contributed by atoms with E-state index >= 15 is 0 Å². The van der Waals surface area contributed by atoms with Crippen molar-refractivity contribution in [2.45, 2.75) is 26.7 Å². The summed E-state index contributed by atoms with van der Waals surface area (Å²) in [5.41, 5.74) is 4.39. The summed E-state index contributed by atoms with van der Waals surface area (Å²) in [6, 6.07) is 4.05. The fraction of sp³-hybridized carbons (Fsp3) is 0.333. The molecule has 1 aromatic rings. The van der Waals surface area contributed by atoms with Crippen molar-refractivity contribution in [1.82, 2.24) is 0 Å². The van der Waals surface area contributed by atoms with Crippen LogP contribution in [0.3, 0.4) is 0 Å². The Hall–Kier alpha value is -1.13. The number of allylic oxidation sites excluding steroid dienone is 1. The SMILES string of the molecule is Cc1cc2c(cc1C)CCC(S(=O)(=O)O)=C2. The van der Waals surface area contributed by atoms with E-state index in [1.165, 1.54) is 5.56 Å². The fourth-order valence-corrected chi connectivity index (χ4v) is 2.59. The quantitative estimate of drug-likeness (QED) is 0.765. The minimum Gasteiger partial charge on any atom is -0.282 e. The standard InChI is InChI=1S/C12H14O3S/c1-8-5-10-3-4-12(16(13,14)15)7-11(10)6-9(8)2/h5-7H,3-4H2,1-2H3,(H,13,14,15). The monoisotopic (exact) mass is 238 g/mol. The van der Waals surface area contributed by atoms with Crippen LogP contribution in [0, 0.1) is 13.8 Å². The van der Waals surface area contributed by atoms with Gasteiger partial charge >= 0.3 is 0 Å². The van der Waals surface area contributed by atoms with Gasteiger partial charge in [0.05, 0.1) is 4.91 Å². The molecule has 3 nitrogen and oxygen atoms in total. The molecule has 0 heterocycles. The van der Waals surface area contributed by atoms with Crippen molar-refractivity contribution in [3.8, 4) is 0 Å². The second kappa shape index (κ2) is 3.71. The van der Waals surface area contributed by atoms with Crippen LogP contribution in [0.2, 0.25) is 0 Å². The Morgan fingerprint density at radius 2 is 1.75 bits per heavy atom. The molecular weight excluding hydrogens is 224 g/mol. The average molecular weight is 238 g/mol. The van der Waals surface area contributed by atoms with Crippen molar-refractivity contribution < 1.29 is 13.0 Å². The van der Waals surface area contributed by atoms with Crippen molar-refractivity contribution >= 4 is 16.2 Å². The third-order valence-electron chi connectivity index (χ3n) is 3.04. The maximum atomic E-state index is 11.0. The summed E-state index contributed by atoms with van der Waals surface area (Å²) < 4.78 is 31.1. The third-order valence-corrected chi connectivity index (χ3v) is 4.03. The number of benzene rings is 1. The molecule has 1 N–H and O–H groups in total. The lowest BCUT2D eigenvalue weighted by Gasteiger charge is -2.16. The van der Waals surface area contributed by atoms with E-state index in [4.69, 9.17) is 4.55 Å². The van der Waals surface area contributed by atoms with Gasteiger partial charge in [0.2, 0.25) is 0 Å². The highest BCUT2D eigenvalue weighted by Gasteiger charge is 2.19. The molecule has 16 heavy (non-hydrogen) atoms. The highest BCUT2D eigenvalue weighted by Crippen LogP contribution is 2.28. The highest BCUT2D eigenvalue weighted by atomic mass is 32.2. The second-order valence-corrected chi connectivity index (χ2v) is 5.70. The van der Waals surface area contributed by atoms with Gasteiger partial charge in [-0.25, -0.2) is 0 Å². The molecule has 0 saturated heterocycles. The maximum Gasteiger partial charge on any atom is 0.290 e. The van der Waals surface area contributed by atoms with Gasteiger partial charge in [0.15, 0.2) is 0 Å². The molecule has 0 radical (unpaired) electrons. The molecule has 2 rings (SSSR count). The van der Waals surface area contributed by atoms with Crippen LogP contribution in [-0.4, -0.2) is 13.0 Å². The first-order chi connectivity index (χ1) is 7.38. The number of aryl methyl sites for hydroxylation is 3. The molecule has 4 heteroatoms. The molecule has 0 atom stereocenters. The van der Waals surface area contributed by atoms with E-state index in [2.05, 4.69) is 6.07 Å². The zero-order valence-electron chi connectivity index (χ0n) is 9.32. The zero-order valence-corrected chi connectivity index (χ0v) is 10.1. The largest absolute Gasteiger partial charge is 0.290 e. The Bertz CT molecular complexity index is 568. The van der Waals surface area contributed by atoms with Gasteiger partial charge in [0.1, 0.15) is 0 Å². The van der Waals surface area contributed by atoms with Crippen LogP contribution in [0.15, 0.2) is 17.0 Å². The van der Waals surface area contributed by atoms with E-state index in [0.29, 0.717) is 12.8 Å². The lowest BCUT2D eigenvalue weighted by atomic mass is 9.93. The van der Waals surface area contributed by atoms with Crippen LogP contribution in [0.1, 0.15) is 28.7 Å². The van der Waals surface area contributed by atoms with E-state index in [-0.39, 0.29) is 4.91 Å². The summed E-state index contributed by atoms with van der Waals surface area (Å²) >= 11 is 0. The molecule has 1 aliphatic rings. The van der Waals surface area contributed by atoms with Crippen LogP contribution >= 0.6 is 0 Å². The van der Waals surface area contributed by atoms with Gasteiger partial charge in [-0.15, -0.1) is 0 Å². The van der Waals surface area contributed by atoms with E-state index in [1.807, 2.05) is 19.9 Å². The zero-order chi connectivity index (χ0) is 11.9. The van der Waals surface area contributed by atoms with Gasteiger partial charge in [-0.05, 0) is 55.0 Å². The van der Waals surface area contributed by atoms with Crippen LogP contribution in [0.5, 0.6) is 0 Å². The van der Waals surface area contributed by atoms with Gasteiger partial charge in [0.25, 0.3) is 10.1 Å². The molecule has 0 fully saturated rings. The smallest absolute Gasteiger partial charge is 0.282 e. The van der Waals surface area contributed by atoms with Crippen LogP contribution in [0.4, 0.5) is 0 Å². The predicted molar refractivity (Wildman–Crippen MR) is 63.8 cm³/mol. The minimum absolute atomic E-state index is 0.114. The Kier molecular flexibility index (Phi) is 2.64. The Labute approximate surface area is 95.6 Å². The molecule has 1 aromatic carbocycles. The lowest BCUT2D eigenvalue weighted by Crippen LogP contribution is -2.08. The Morgan fingerprint density at radius 1 is 1.12 bits per heavy atom. The van der Waals surface area contributed by atoms with E-state index in [0.717, 1.165) is 16.7 Å². The Morgan fingerprint density at radius 3 is 2.38 bits per heavy atom. The Balaban J connectivity index is 2.56. The van der Waals surface area contributed by atoms with E-state index in [1.54, 1.807) is 6.08 Å². The molecule has 1 aliphatic carbocycles. The average Bonchev–Trinajstić information content (AvgIpc) is 2.17. The van der Waals surface area contributed by atoms with Crippen molar-refractivity contribution in [2.75, 3.05) is 0 Å². The van der Waals surface area contributed by atoms with Gasteiger partial charge in [-0.1, -0.05) is 12.1 Å². The van der Waals surface area contributed by atoms with Gasteiger partial charge in [0, 0.05) is 0 Å². The normalized spacial score (nSPS) is 15.6. The number of hydrogen-bond acceptors (Lipinski definition) is 2. The molecular formula is C12H14O3S. The summed E-state index contributed by atoms with van der Waals surface area (Å²) in [5, 5.41) is 0. The molecule has 0 spiro atoms. The van der Waals surface area contributed by atoms with Crippen molar-refractivity contribution in [1.29, 1.82) is 0 Å². The van der Waals surface area contributed by atoms with Crippen molar-refractivity contribution in [3.63, 3.8) is 0 Å². The summed E-state index contributed by atoms with van der Waals surface area (Å²) in [4.78, 5) is 0.114. The lowest BCUT2D eigenvalue weighted by molar-refractivity contribution is 0.489. The van der Waals surface area contributed by atoms with Crippen molar-refractivity contribution in [2.24, 2.45) is 0 Å². The maximum absolute atomic E-state index is 11.0. The first kappa shape index (κ1) is 11.4. The highest BCUT2D eigenvalue weighted by molar-refractivity contribution is 7.90. The predicted octanol–water partition coefficient (Wildman–Crippen LogP) is 2.48. The van der Waals surface area contributed by atoms with Crippen molar-refractivity contribution in [3.05, 3.63) is 39.3 Å². The number of rotatable bonds is 1. The molecule has 0 aromatic heterocycles. The molecule has 0 amide bonds. The summed E-state index contributed by atoms with van der Waals surface area (Å²) in [7, 11) is -4.03. The first-order valence-corrected chi connectivity index (χ1v) is 6.60. The van der Waals surface area contributed by atoms with E-state index in [9.17, 15) is 8.42 Å². The van der Waals surface area contributed by atoms with E-state index < -0.39 is 10.1 Å². The third kappa shape index (κ3) is 2.03. The van der Waals surface area contributed by atoms with Gasteiger partial charge < -0.3 is 0 Å². The molecule has 86 valence electrons. The first-order valence-electron chi connectivity index (χ1n) is 5.16. The molecule has 0 aliphatic heterocycles. The summed E-state index contributed by atoms with van der Waals surface area (Å²) in [6.45, 7) is 4.03. The topological polar surface area (TPSA) is 54.4 Å². The number of hydrogen-bond donors (Lipinski definition) is 1. The number of fused-ring (bicyclic) bond motifs is 1. The van der Waals surface area contributed by atoms with Gasteiger partial charge in [-0.3, -0.25) is 4.55 Å².